The van der Waals surface area contributed by atoms with Crippen molar-refractivity contribution < 1.29 is 14.0 Å². The molecule has 0 aliphatic rings. The standard InChI is InChI=1S/C7H18NO3P.CH4N2S/c1-4-8(5-2)7-12(9,10)11-6-3;2-1(3)4/h4-7H2,1-3H3,(H,9,10);(H4,2,3,4). The van der Waals surface area contributed by atoms with Gasteiger partial charge in [0.1, 0.15) is 6.29 Å². The fourth-order valence-corrected chi connectivity index (χ4v) is 2.31. The van der Waals surface area contributed by atoms with E-state index in [1.807, 2.05) is 18.7 Å². The fraction of sp³-hybridized carbons (Fsp3) is 0.875. The molecule has 0 aliphatic carbocycles. The van der Waals surface area contributed by atoms with Crippen molar-refractivity contribution in [3.63, 3.8) is 0 Å². The van der Waals surface area contributed by atoms with Crippen molar-refractivity contribution in [1.29, 1.82) is 0 Å². The molecule has 5 N–H and O–H groups in total. The summed E-state index contributed by atoms with van der Waals surface area (Å²) in [5.41, 5.74) is 9.24. The lowest BCUT2D eigenvalue weighted by atomic mass is 10.6. The van der Waals surface area contributed by atoms with E-state index in [2.05, 4.69) is 23.7 Å². The molecule has 1 atom stereocenters. The van der Waals surface area contributed by atoms with E-state index in [4.69, 9.17) is 4.52 Å². The highest BCUT2D eigenvalue weighted by molar-refractivity contribution is 7.80. The maximum Gasteiger partial charge on any atom is 0.341 e. The Morgan fingerprint density at radius 1 is 1.38 bits per heavy atom. The van der Waals surface area contributed by atoms with Crippen LogP contribution in [0.1, 0.15) is 20.8 Å². The molecule has 0 fully saturated rings. The molecule has 0 heterocycles. The van der Waals surface area contributed by atoms with E-state index >= 15 is 0 Å². The van der Waals surface area contributed by atoms with Crippen molar-refractivity contribution in [3.8, 4) is 0 Å². The third-order valence-electron chi connectivity index (χ3n) is 1.60. The molecule has 1 unspecified atom stereocenters. The highest BCUT2D eigenvalue weighted by Crippen LogP contribution is 2.41. The minimum atomic E-state index is -3.36. The fourth-order valence-electron chi connectivity index (χ4n) is 0.919. The molecule has 8 heteroatoms. The van der Waals surface area contributed by atoms with E-state index in [0.717, 1.165) is 13.1 Å². The lowest BCUT2D eigenvalue weighted by Gasteiger charge is -2.20. The lowest BCUT2D eigenvalue weighted by molar-refractivity contribution is 0.242. The SMILES string of the molecule is CCOP(=O)(O)CN(CC)CC.NC(N)=S. The van der Waals surface area contributed by atoms with Crippen molar-refractivity contribution in [2.45, 2.75) is 20.8 Å². The van der Waals surface area contributed by atoms with Crippen LogP contribution in [0.3, 0.4) is 0 Å². The van der Waals surface area contributed by atoms with Crippen LogP contribution in [0, 0.1) is 0 Å². The van der Waals surface area contributed by atoms with Gasteiger partial charge >= 0.3 is 7.60 Å². The van der Waals surface area contributed by atoms with Crippen molar-refractivity contribution in [1.82, 2.24) is 4.90 Å². The highest BCUT2D eigenvalue weighted by atomic mass is 32.1. The number of nitrogens with two attached hydrogens (primary N) is 2. The summed E-state index contributed by atoms with van der Waals surface area (Å²) in [5.74, 6) is 0. The van der Waals surface area contributed by atoms with Crippen LogP contribution < -0.4 is 11.5 Å². The van der Waals surface area contributed by atoms with Gasteiger partial charge in [-0.15, -0.1) is 0 Å². The number of hydrogen-bond acceptors (Lipinski definition) is 4. The summed E-state index contributed by atoms with van der Waals surface area (Å²) in [4.78, 5) is 11.1. The Kier molecular flexibility index (Phi) is 11.3. The minimum absolute atomic E-state index is 0.000000000000000222. The first-order chi connectivity index (χ1) is 7.29. The first-order valence-corrected chi connectivity index (χ1v) is 7.19. The molecule has 0 saturated heterocycles. The van der Waals surface area contributed by atoms with Crippen LogP contribution >= 0.6 is 19.8 Å². The number of rotatable bonds is 6. The van der Waals surface area contributed by atoms with Crippen LogP contribution in [0.15, 0.2) is 0 Å². The van der Waals surface area contributed by atoms with Gasteiger partial charge in [-0.2, -0.15) is 0 Å². The van der Waals surface area contributed by atoms with Gasteiger partial charge in [0.05, 0.1) is 6.61 Å². The Morgan fingerprint density at radius 2 is 1.75 bits per heavy atom. The average molecular weight is 271 g/mol. The topological polar surface area (TPSA) is 102 Å². The summed E-state index contributed by atoms with van der Waals surface area (Å²) >= 11 is 4.09. The van der Waals surface area contributed by atoms with Crippen LogP contribution in [-0.2, 0) is 9.09 Å². The Balaban J connectivity index is 0. The molecule has 6 nitrogen and oxygen atoms in total. The molecule has 0 aliphatic heterocycles. The summed E-state index contributed by atoms with van der Waals surface area (Å²) in [6.45, 7) is 7.45. The van der Waals surface area contributed by atoms with E-state index in [0.29, 0.717) is 0 Å². The molecular weight excluding hydrogens is 249 g/mol. The molecule has 0 rings (SSSR count). The molecule has 16 heavy (non-hydrogen) atoms. The third-order valence-corrected chi connectivity index (χ3v) is 3.02. The van der Waals surface area contributed by atoms with Crippen molar-refractivity contribution in [2.24, 2.45) is 11.5 Å². The monoisotopic (exact) mass is 271 g/mol. The van der Waals surface area contributed by atoms with Crippen LogP contribution in [0.25, 0.3) is 0 Å². The molecule has 0 radical (unpaired) electrons. The lowest BCUT2D eigenvalue weighted by Crippen LogP contribution is -2.24. The second-order valence-corrected chi connectivity index (χ2v) is 5.19. The summed E-state index contributed by atoms with van der Waals surface area (Å²) < 4.78 is 16.0. The van der Waals surface area contributed by atoms with Gasteiger partial charge in [-0.3, -0.25) is 9.46 Å². The summed E-state index contributed by atoms with van der Waals surface area (Å²) in [5, 5.41) is 0.000000000000000222. The first kappa shape index (κ1) is 18.2. The van der Waals surface area contributed by atoms with Gasteiger partial charge < -0.3 is 20.9 Å². The molecule has 0 aromatic heterocycles. The van der Waals surface area contributed by atoms with Gasteiger partial charge in [0, 0.05) is 0 Å². The van der Waals surface area contributed by atoms with Crippen LogP contribution in [0.5, 0.6) is 0 Å². The molecule has 0 amide bonds. The van der Waals surface area contributed by atoms with Crippen LogP contribution in [0.4, 0.5) is 0 Å². The molecule has 0 aromatic carbocycles. The zero-order valence-corrected chi connectivity index (χ0v) is 11.8. The van der Waals surface area contributed by atoms with Crippen molar-refractivity contribution in [2.75, 3.05) is 26.0 Å². The Bertz CT molecular complexity index is 233. The van der Waals surface area contributed by atoms with Crippen LogP contribution in [0.2, 0.25) is 0 Å². The number of nitrogens with zero attached hydrogens (tertiary/aromatic N) is 1. The number of thiocarbonyl (C=S) groups is 1. The van der Waals surface area contributed by atoms with Crippen molar-refractivity contribution >= 4 is 24.9 Å². The Hall–Kier alpha value is -0.200. The van der Waals surface area contributed by atoms with Gasteiger partial charge in [-0.25, -0.2) is 0 Å². The highest BCUT2D eigenvalue weighted by Gasteiger charge is 2.20. The second kappa shape index (κ2) is 9.99. The summed E-state index contributed by atoms with van der Waals surface area (Å²) in [6.07, 6.45) is 0.133. The van der Waals surface area contributed by atoms with E-state index < -0.39 is 7.60 Å². The molecule has 98 valence electrons. The maximum atomic E-state index is 11.2. The average Bonchev–Trinajstić information content (AvgIpc) is 2.13. The quantitative estimate of drug-likeness (QED) is 0.482. The molecule has 0 bridgehead atoms. The second-order valence-electron chi connectivity index (χ2n) is 2.90. The number of hydrogen-bond donors (Lipinski definition) is 3. The molecule has 0 spiro atoms. The predicted molar refractivity (Wildman–Crippen MR) is 70.2 cm³/mol. The van der Waals surface area contributed by atoms with E-state index in [1.165, 1.54) is 0 Å². The maximum absolute atomic E-state index is 11.2. The Morgan fingerprint density at radius 3 is 2.00 bits per heavy atom. The predicted octanol–water partition coefficient (Wildman–Crippen LogP) is 0.696. The zero-order chi connectivity index (χ0) is 13.2. The van der Waals surface area contributed by atoms with Gasteiger partial charge in [-0.1, -0.05) is 13.8 Å². The summed E-state index contributed by atoms with van der Waals surface area (Å²) in [7, 11) is -3.36. The van der Waals surface area contributed by atoms with E-state index in [9.17, 15) is 9.46 Å². The molecular formula is C8H22N3O3PS. The smallest absolute Gasteiger partial charge is 0.341 e. The van der Waals surface area contributed by atoms with E-state index in [1.54, 1.807) is 6.92 Å². The van der Waals surface area contributed by atoms with Crippen LogP contribution in [-0.4, -0.2) is 40.9 Å². The first-order valence-electron chi connectivity index (χ1n) is 5.02. The van der Waals surface area contributed by atoms with Gasteiger partial charge in [0.25, 0.3) is 0 Å². The van der Waals surface area contributed by atoms with E-state index in [-0.39, 0.29) is 18.0 Å². The molecule has 0 aromatic rings. The zero-order valence-electron chi connectivity index (χ0n) is 10.0. The minimum Gasteiger partial charge on any atom is -0.377 e. The third kappa shape index (κ3) is 13.8. The largest absolute Gasteiger partial charge is 0.377 e. The normalized spacial score (nSPS) is 13.8. The summed E-state index contributed by atoms with van der Waals surface area (Å²) in [6, 6.07) is 0. The van der Waals surface area contributed by atoms with Gasteiger partial charge in [-0.05, 0) is 32.2 Å². The molecule has 0 saturated carbocycles. The Labute approximate surface area is 102 Å². The van der Waals surface area contributed by atoms with Gasteiger partial charge in [0.2, 0.25) is 0 Å². The van der Waals surface area contributed by atoms with Gasteiger partial charge in [0.15, 0.2) is 5.11 Å². The van der Waals surface area contributed by atoms with Crippen molar-refractivity contribution in [3.05, 3.63) is 0 Å².